The summed E-state index contributed by atoms with van der Waals surface area (Å²) in [5.74, 6) is -0.200. The maximum absolute atomic E-state index is 12.4. The Morgan fingerprint density at radius 2 is 1.75 bits per heavy atom. The molecule has 0 spiro atoms. The maximum atomic E-state index is 12.4. The van der Waals surface area contributed by atoms with Gasteiger partial charge in [-0.15, -0.1) is 0 Å². The number of nitrogens with zero attached hydrogens (tertiary/aromatic N) is 3. The largest absolute Gasteiger partial charge is 0.335 e. The van der Waals surface area contributed by atoms with Crippen molar-refractivity contribution in [2.24, 2.45) is 7.05 Å². The lowest BCUT2D eigenvalue weighted by Gasteiger charge is -2.33. The van der Waals surface area contributed by atoms with E-state index in [0.717, 1.165) is 0 Å². The van der Waals surface area contributed by atoms with Crippen molar-refractivity contribution in [2.45, 2.75) is 0 Å². The quantitative estimate of drug-likeness (QED) is 0.808. The fourth-order valence-electron chi connectivity index (χ4n) is 2.13. The Hall–Kier alpha value is -0.760. The van der Waals surface area contributed by atoms with E-state index in [0.29, 0.717) is 42.0 Å². The third kappa shape index (κ3) is 2.95. The Bertz CT molecular complexity index is 634. The summed E-state index contributed by atoms with van der Waals surface area (Å²) in [5.41, 5.74) is 0.396. The fraction of sp³-hybridized carbons (Fsp3) is 0.545. The van der Waals surface area contributed by atoms with E-state index in [-0.39, 0.29) is 5.91 Å². The van der Waals surface area contributed by atoms with Crippen LogP contribution in [0.1, 0.15) is 10.5 Å². The van der Waals surface area contributed by atoms with Gasteiger partial charge >= 0.3 is 0 Å². The Morgan fingerprint density at radius 3 is 2.15 bits per heavy atom. The standard InChI is InChI=1S/C11H15Cl2N3O3S/c1-14-9(7-8(12)10(14)13)11(17)15-3-5-16(6-4-15)20(2,18)19/h7H,3-6H2,1-2H3. The van der Waals surface area contributed by atoms with Gasteiger partial charge in [-0.05, 0) is 6.07 Å². The van der Waals surface area contributed by atoms with E-state index in [1.807, 2.05) is 0 Å². The summed E-state index contributed by atoms with van der Waals surface area (Å²) >= 11 is 11.8. The van der Waals surface area contributed by atoms with Crippen molar-refractivity contribution >= 4 is 39.1 Å². The molecule has 1 saturated heterocycles. The van der Waals surface area contributed by atoms with Crippen LogP contribution >= 0.6 is 23.2 Å². The van der Waals surface area contributed by atoms with Gasteiger partial charge in [-0.3, -0.25) is 4.79 Å². The van der Waals surface area contributed by atoms with Crippen molar-refractivity contribution in [1.29, 1.82) is 0 Å². The second-order valence-electron chi connectivity index (χ2n) is 4.68. The zero-order chi connectivity index (χ0) is 15.1. The topological polar surface area (TPSA) is 62.6 Å². The molecule has 0 aliphatic carbocycles. The van der Waals surface area contributed by atoms with Gasteiger partial charge in [0.25, 0.3) is 5.91 Å². The lowest BCUT2D eigenvalue weighted by molar-refractivity contribution is 0.0688. The van der Waals surface area contributed by atoms with Gasteiger partial charge in [-0.2, -0.15) is 4.31 Å². The smallest absolute Gasteiger partial charge is 0.270 e. The molecule has 2 rings (SSSR count). The van der Waals surface area contributed by atoms with E-state index < -0.39 is 10.0 Å². The van der Waals surface area contributed by atoms with E-state index in [1.54, 1.807) is 11.9 Å². The molecule has 1 aliphatic rings. The highest BCUT2D eigenvalue weighted by molar-refractivity contribution is 7.88. The molecule has 20 heavy (non-hydrogen) atoms. The second kappa shape index (κ2) is 5.55. The lowest BCUT2D eigenvalue weighted by Crippen LogP contribution is -2.50. The van der Waals surface area contributed by atoms with Crippen LogP contribution in [-0.2, 0) is 17.1 Å². The summed E-state index contributed by atoms with van der Waals surface area (Å²) in [6, 6.07) is 1.52. The minimum Gasteiger partial charge on any atom is -0.335 e. The van der Waals surface area contributed by atoms with E-state index in [1.165, 1.54) is 21.2 Å². The van der Waals surface area contributed by atoms with Crippen LogP contribution in [0.5, 0.6) is 0 Å². The van der Waals surface area contributed by atoms with E-state index in [4.69, 9.17) is 23.2 Å². The Kier molecular flexibility index (Phi) is 4.34. The summed E-state index contributed by atoms with van der Waals surface area (Å²) in [7, 11) is -1.54. The number of aromatic nitrogens is 1. The second-order valence-corrected chi connectivity index (χ2v) is 7.43. The van der Waals surface area contributed by atoms with Crippen molar-refractivity contribution in [1.82, 2.24) is 13.8 Å². The molecule has 1 fully saturated rings. The summed E-state index contributed by atoms with van der Waals surface area (Å²) in [4.78, 5) is 14.0. The molecule has 1 aliphatic heterocycles. The van der Waals surface area contributed by atoms with Gasteiger partial charge in [0.15, 0.2) is 0 Å². The van der Waals surface area contributed by atoms with Crippen LogP contribution in [0, 0.1) is 0 Å². The molecule has 0 saturated carbocycles. The lowest BCUT2D eigenvalue weighted by atomic mass is 10.3. The summed E-state index contributed by atoms with van der Waals surface area (Å²) in [6.45, 7) is 1.31. The van der Waals surface area contributed by atoms with Crippen molar-refractivity contribution in [3.8, 4) is 0 Å². The SMILES string of the molecule is Cn1c(C(=O)N2CCN(S(C)(=O)=O)CC2)cc(Cl)c1Cl. The molecule has 0 atom stereocenters. The number of carbonyl (C=O) groups excluding carboxylic acids is 1. The molecule has 1 aromatic heterocycles. The zero-order valence-corrected chi connectivity index (χ0v) is 13.5. The number of halogens is 2. The van der Waals surface area contributed by atoms with Crippen molar-refractivity contribution in [3.63, 3.8) is 0 Å². The number of carbonyl (C=O) groups is 1. The molecule has 9 heteroatoms. The van der Waals surface area contributed by atoms with Gasteiger partial charge < -0.3 is 9.47 Å². The van der Waals surface area contributed by atoms with Crippen LogP contribution in [0.15, 0.2) is 6.07 Å². The van der Waals surface area contributed by atoms with Crippen LogP contribution in [-0.4, -0.2) is 60.5 Å². The number of sulfonamides is 1. The minimum absolute atomic E-state index is 0.200. The summed E-state index contributed by atoms with van der Waals surface area (Å²) < 4.78 is 25.7. The number of hydrogen-bond acceptors (Lipinski definition) is 3. The molecule has 1 amide bonds. The Morgan fingerprint density at radius 1 is 1.20 bits per heavy atom. The van der Waals surface area contributed by atoms with E-state index in [2.05, 4.69) is 0 Å². The van der Waals surface area contributed by atoms with Crippen LogP contribution in [0.2, 0.25) is 10.2 Å². The fourth-order valence-corrected chi connectivity index (χ4v) is 3.33. The monoisotopic (exact) mass is 339 g/mol. The molecule has 0 N–H and O–H groups in total. The predicted octanol–water partition coefficient (Wildman–Crippen LogP) is 1.05. The van der Waals surface area contributed by atoms with E-state index >= 15 is 0 Å². The average Bonchev–Trinajstić information content (AvgIpc) is 2.65. The molecule has 0 aromatic carbocycles. The molecule has 112 valence electrons. The third-order valence-corrected chi connectivity index (χ3v) is 5.48. The van der Waals surface area contributed by atoms with Crippen LogP contribution < -0.4 is 0 Å². The van der Waals surface area contributed by atoms with Gasteiger partial charge in [0, 0.05) is 33.2 Å². The van der Waals surface area contributed by atoms with Crippen LogP contribution in [0.3, 0.4) is 0 Å². The zero-order valence-electron chi connectivity index (χ0n) is 11.1. The summed E-state index contributed by atoms with van der Waals surface area (Å²) in [6.07, 6.45) is 1.17. The van der Waals surface area contributed by atoms with Crippen molar-refractivity contribution < 1.29 is 13.2 Å². The number of hydrogen-bond donors (Lipinski definition) is 0. The number of amides is 1. The molecule has 1 aromatic rings. The third-order valence-electron chi connectivity index (χ3n) is 3.33. The van der Waals surface area contributed by atoms with Gasteiger partial charge in [0.05, 0.1) is 11.3 Å². The average molecular weight is 340 g/mol. The summed E-state index contributed by atoms with van der Waals surface area (Å²) in [5, 5.41) is 0.636. The minimum atomic E-state index is -3.20. The number of piperazine rings is 1. The molecular weight excluding hydrogens is 325 g/mol. The molecular formula is C11H15Cl2N3O3S. The Balaban J connectivity index is 2.11. The molecule has 0 bridgehead atoms. The van der Waals surface area contributed by atoms with E-state index in [9.17, 15) is 13.2 Å². The van der Waals surface area contributed by atoms with Crippen LogP contribution in [0.25, 0.3) is 0 Å². The highest BCUT2D eigenvalue weighted by Gasteiger charge is 2.28. The molecule has 2 heterocycles. The first-order chi connectivity index (χ1) is 9.21. The highest BCUT2D eigenvalue weighted by Crippen LogP contribution is 2.26. The highest BCUT2D eigenvalue weighted by atomic mass is 35.5. The number of rotatable bonds is 2. The van der Waals surface area contributed by atoms with Crippen molar-refractivity contribution in [3.05, 3.63) is 21.9 Å². The Labute approximate surface area is 127 Å². The van der Waals surface area contributed by atoms with Gasteiger partial charge in [-0.1, -0.05) is 23.2 Å². The van der Waals surface area contributed by atoms with Crippen LogP contribution in [0.4, 0.5) is 0 Å². The molecule has 6 nitrogen and oxygen atoms in total. The first-order valence-corrected chi connectivity index (χ1v) is 8.57. The molecule has 0 unspecified atom stereocenters. The maximum Gasteiger partial charge on any atom is 0.270 e. The normalized spacial score (nSPS) is 17.5. The first-order valence-electron chi connectivity index (χ1n) is 5.97. The van der Waals surface area contributed by atoms with Gasteiger partial charge in [0.1, 0.15) is 10.8 Å². The van der Waals surface area contributed by atoms with Gasteiger partial charge in [0.2, 0.25) is 10.0 Å². The molecule has 0 radical (unpaired) electrons. The predicted molar refractivity (Wildman–Crippen MR) is 77.8 cm³/mol. The first kappa shape index (κ1) is 15.6. The van der Waals surface area contributed by atoms with Crippen molar-refractivity contribution in [2.75, 3.05) is 32.4 Å². The van der Waals surface area contributed by atoms with Gasteiger partial charge in [-0.25, -0.2) is 8.42 Å².